The molecule has 0 spiro atoms. The number of aliphatic carboxylic acids is 1. The van der Waals surface area contributed by atoms with Gasteiger partial charge in [-0.15, -0.1) is 0 Å². The molecule has 0 aromatic carbocycles. The lowest BCUT2D eigenvalue weighted by atomic mass is 9.66. The zero-order valence-corrected chi connectivity index (χ0v) is 10.5. The normalized spacial score (nSPS) is 33.9. The molecule has 3 heteroatoms. The largest absolute Gasteiger partial charge is 0.481 e. The second-order valence-electron chi connectivity index (χ2n) is 5.83. The fourth-order valence-corrected chi connectivity index (χ4v) is 3.86. The maximum atomic E-state index is 11.8. The highest BCUT2D eigenvalue weighted by Gasteiger charge is 2.49. The number of carboxylic acids is 1. The highest BCUT2D eigenvalue weighted by atomic mass is 16.4. The van der Waals surface area contributed by atoms with Crippen molar-refractivity contribution in [2.45, 2.75) is 70.3 Å². The van der Waals surface area contributed by atoms with E-state index in [2.05, 4.69) is 0 Å². The van der Waals surface area contributed by atoms with Gasteiger partial charge in [-0.3, -0.25) is 4.79 Å². The minimum atomic E-state index is -0.662. The summed E-state index contributed by atoms with van der Waals surface area (Å²) in [5.41, 5.74) is -0.629. The average Bonchev–Trinajstić information content (AvgIpc) is 2.65. The van der Waals surface area contributed by atoms with Crippen LogP contribution in [0.5, 0.6) is 0 Å². The van der Waals surface area contributed by atoms with Gasteiger partial charge in [-0.1, -0.05) is 38.5 Å². The molecular weight excluding hydrogens is 216 g/mol. The lowest BCUT2D eigenvalue weighted by Crippen LogP contribution is -2.42. The Morgan fingerprint density at radius 2 is 1.53 bits per heavy atom. The number of aliphatic hydroxyl groups is 1. The molecule has 2 unspecified atom stereocenters. The summed E-state index contributed by atoms with van der Waals surface area (Å²) in [5, 5.41) is 19.7. The maximum Gasteiger partial charge on any atom is 0.310 e. The van der Waals surface area contributed by atoms with Crippen LogP contribution < -0.4 is 0 Å². The van der Waals surface area contributed by atoms with Crippen LogP contribution in [-0.2, 0) is 4.79 Å². The number of hydrogen-bond acceptors (Lipinski definition) is 2. The van der Waals surface area contributed by atoms with Crippen molar-refractivity contribution >= 4 is 5.97 Å². The highest BCUT2D eigenvalue weighted by molar-refractivity contribution is 5.75. The van der Waals surface area contributed by atoms with Crippen molar-refractivity contribution in [1.82, 2.24) is 0 Å². The van der Waals surface area contributed by atoms with Gasteiger partial charge in [0, 0.05) is 5.92 Å². The molecule has 2 atom stereocenters. The van der Waals surface area contributed by atoms with Crippen molar-refractivity contribution in [2.75, 3.05) is 0 Å². The van der Waals surface area contributed by atoms with Crippen LogP contribution in [0.4, 0.5) is 0 Å². The van der Waals surface area contributed by atoms with Crippen molar-refractivity contribution in [1.29, 1.82) is 0 Å². The Hall–Kier alpha value is -0.570. The first-order chi connectivity index (χ1) is 8.17. The number of carboxylic acid groups (broad SMARTS) is 1. The summed E-state index contributed by atoms with van der Waals surface area (Å²) in [6.07, 6.45) is 9.39. The number of carbonyl (C=O) groups is 1. The Morgan fingerprint density at radius 3 is 2.00 bits per heavy atom. The predicted octanol–water partition coefficient (Wildman–Crippen LogP) is 2.96. The molecule has 0 saturated heterocycles. The van der Waals surface area contributed by atoms with Crippen LogP contribution in [0.1, 0.15) is 64.2 Å². The van der Waals surface area contributed by atoms with Crippen molar-refractivity contribution in [3.63, 3.8) is 0 Å². The zero-order chi connectivity index (χ0) is 12.3. The van der Waals surface area contributed by atoms with Gasteiger partial charge in [0.15, 0.2) is 0 Å². The van der Waals surface area contributed by atoms with Crippen molar-refractivity contribution in [3.8, 4) is 0 Å². The van der Waals surface area contributed by atoms with Crippen LogP contribution in [0, 0.1) is 11.3 Å². The van der Waals surface area contributed by atoms with Crippen LogP contribution in [0.15, 0.2) is 0 Å². The SMILES string of the molecule is O=C(O)C1(C2CCCC2O)CCCCCCC1. The number of aliphatic hydroxyl groups excluding tert-OH is 1. The Balaban J connectivity index is 2.19. The van der Waals surface area contributed by atoms with Crippen LogP contribution >= 0.6 is 0 Å². The quantitative estimate of drug-likeness (QED) is 0.780. The Kier molecular flexibility index (Phi) is 4.08. The molecule has 2 aliphatic carbocycles. The minimum absolute atomic E-state index is 0.00176. The third kappa shape index (κ3) is 2.49. The first kappa shape index (κ1) is 12.9. The summed E-state index contributed by atoms with van der Waals surface area (Å²) < 4.78 is 0. The van der Waals surface area contributed by atoms with E-state index >= 15 is 0 Å². The van der Waals surface area contributed by atoms with Crippen molar-refractivity contribution in [2.24, 2.45) is 11.3 Å². The molecule has 0 radical (unpaired) electrons. The van der Waals surface area contributed by atoms with Gasteiger partial charge in [0.2, 0.25) is 0 Å². The van der Waals surface area contributed by atoms with E-state index in [0.29, 0.717) is 0 Å². The summed E-state index contributed by atoms with van der Waals surface area (Å²) in [5.74, 6) is -0.663. The van der Waals surface area contributed by atoms with E-state index in [1.54, 1.807) is 0 Å². The molecule has 2 aliphatic rings. The van der Waals surface area contributed by atoms with E-state index in [1.165, 1.54) is 6.42 Å². The van der Waals surface area contributed by atoms with Gasteiger partial charge in [0.25, 0.3) is 0 Å². The van der Waals surface area contributed by atoms with E-state index in [1.807, 2.05) is 0 Å². The summed E-state index contributed by atoms with van der Waals surface area (Å²) in [7, 11) is 0. The third-order valence-electron chi connectivity index (χ3n) is 4.86. The smallest absolute Gasteiger partial charge is 0.310 e. The minimum Gasteiger partial charge on any atom is -0.481 e. The predicted molar refractivity (Wildman–Crippen MR) is 65.7 cm³/mol. The molecule has 2 fully saturated rings. The monoisotopic (exact) mass is 240 g/mol. The Labute approximate surface area is 103 Å². The lowest BCUT2D eigenvalue weighted by molar-refractivity contribution is -0.157. The molecule has 0 heterocycles. The molecule has 2 rings (SSSR count). The van der Waals surface area contributed by atoms with Gasteiger partial charge in [0.05, 0.1) is 11.5 Å². The van der Waals surface area contributed by atoms with Gasteiger partial charge in [-0.2, -0.15) is 0 Å². The number of hydrogen-bond donors (Lipinski definition) is 2. The highest BCUT2D eigenvalue weighted by Crippen LogP contribution is 2.48. The Morgan fingerprint density at radius 1 is 0.941 bits per heavy atom. The zero-order valence-electron chi connectivity index (χ0n) is 10.5. The lowest BCUT2D eigenvalue weighted by Gasteiger charge is -2.38. The van der Waals surface area contributed by atoms with Crippen LogP contribution in [0.2, 0.25) is 0 Å². The van der Waals surface area contributed by atoms with E-state index < -0.39 is 11.4 Å². The fraction of sp³-hybridized carbons (Fsp3) is 0.929. The van der Waals surface area contributed by atoms with Crippen molar-refractivity contribution in [3.05, 3.63) is 0 Å². The third-order valence-corrected chi connectivity index (χ3v) is 4.86. The van der Waals surface area contributed by atoms with Crippen LogP contribution in [-0.4, -0.2) is 22.3 Å². The average molecular weight is 240 g/mol. The van der Waals surface area contributed by atoms with Gasteiger partial charge in [0.1, 0.15) is 0 Å². The molecule has 98 valence electrons. The molecule has 2 N–H and O–H groups in total. The standard InChI is InChI=1S/C14H24O3/c15-12-8-6-7-11(12)14(13(16)17)9-4-2-1-3-5-10-14/h11-12,15H,1-10H2,(H,16,17). The fourth-order valence-electron chi connectivity index (χ4n) is 3.86. The van der Waals surface area contributed by atoms with Crippen molar-refractivity contribution < 1.29 is 15.0 Å². The molecule has 0 bridgehead atoms. The summed E-state index contributed by atoms with van der Waals surface area (Å²) in [4.78, 5) is 11.8. The van der Waals surface area contributed by atoms with E-state index in [-0.39, 0.29) is 12.0 Å². The van der Waals surface area contributed by atoms with E-state index in [0.717, 1.165) is 57.8 Å². The van der Waals surface area contributed by atoms with Crippen LogP contribution in [0.3, 0.4) is 0 Å². The van der Waals surface area contributed by atoms with Gasteiger partial charge < -0.3 is 10.2 Å². The molecule has 3 nitrogen and oxygen atoms in total. The van der Waals surface area contributed by atoms with Gasteiger partial charge in [-0.05, 0) is 25.7 Å². The molecule has 2 saturated carbocycles. The van der Waals surface area contributed by atoms with E-state index in [4.69, 9.17) is 0 Å². The molecule has 0 aliphatic heterocycles. The van der Waals surface area contributed by atoms with Crippen LogP contribution in [0.25, 0.3) is 0 Å². The molecule has 17 heavy (non-hydrogen) atoms. The molecule has 0 aromatic heterocycles. The topological polar surface area (TPSA) is 57.5 Å². The summed E-state index contributed by atoms with van der Waals surface area (Å²) >= 11 is 0. The summed E-state index contributed by atoms with van der Waals surface area (Å²) in [6.45, 7) is 0. The molecular formula is C14H24O3. The second kappa shape index (κ2) is 5.38. The van der Waals surface area contributed by atoms with Gasteiger partial charge in [-0.25, -0.2) is 0 Å². The van der Waals surface area contributed by atoms with E-state index in [9.17, 15) is 15.0 Å². The van der Waals surface area contributed by atoms with Gasteiger partial charge >= 0.3 is 5.97 Å². The first-order valence-corrected chi connectivity index (χ1v) is 7.08. The first-order valence-electron chi connectivity index (χ1n) is 7.08. The summed E-state index contributed by atoms with van der Waals surface area (Å²) in [6, 6.07) is 0. The maximum absolute atomic E-state index is 11.8. The Bertz CT molecular complexity index is 267. The molecule has 0 amide bonds. The molecule has 0 aromatic rings. The second-order valence-corrected chi connectivity index (χ2v) is 5.83. The number of rotatable bonds is 2.